The Morgan fingerprint density at radius 1 is 1.88 bits per heavy atom. The van der Waals surface area contributed by atoms with E-state index in [1.807, 2.05) is 0 Å². The summed E-state index contributed by atoms with van der Waals surface area (Å²) in [5.41, 5.74) is 4.70. The van der Waals surface area contributed by atoms with Gasteiger partial charge in [-0.15, -0.1) is 0 Å². The third-order valence-electron chi connectivity index (χ3n) is 0.660. The monoisotopic (exact) mass is 117 g/mol. The van der Waals surface area contributed by atoms with Gasteiger partial charge in [-0.25, -0.2) is 0 Å². The summed E-state index contributed by atoms with van der Waals surface area (Å²) in [6, 6.07) is 0. The molecular formula is C4H7NO3. The molecule has 1 unspecified atom stereocenters. The SMILES string of the molecule is CC(OC=O)C(N)=O. The van der Waals surface area contributed by atoms with Crippen LogP contribution in [0.4, 0.5) is 0 Å². The summed E-state index contributed by atoms with van der Waals surface area (Å²) in [7, 11) is 0. The molecule has 4 heteroatoms. The number of carbonyl (C=O) groups is 2. The Labute approximate surface area is 46.6 Å². The van der Waals surface area contributed by atoms with E-state index in [4.69, 9.17) is 5.73 Å². The number of hydrogen-bond acceptors (Lipinski definition) is 3. The van der Waals surface area contributed by atoms with Crippen molar-refractivity contribution in [1.29, 1.82) is 0 Å². The largest absolute Gasteiger partial charge is 0.455 e. The van der Waals surface area contributed by atoms with E-state index < -0.39 is 12.0 Å². The maximum absolute atomic E-state index is 10.0. The van der Waals surface area contributed by atoms with Gasteiger partial charge in [-0.05, 0) is 6.92 Å². The van der Waals surface area contributed by atoms with Crippen LogP contribution in [0.3, 0.4) is 0 Å². The van der Waals surface area contributed by atoms with Crippen LogP contribution in [-0.2, 0) is 14.3 Å². The van der Waals surface area contributed by atoms with E-state index in [0.717, 1.165) is 0 Å². The molecule has 1 atom stereocenters. The minimum Gasteiger partial charge on any atom is -0.455 e. The maximum atomic E-state index is 10.0. The van der Waals surface area contributed by atoms with Gasteiger partial charge in [0.2, 0.25) is 0 Å². The zero-order valence-corrected chi connectivity index (χ0v) is 4.46. The average molecular weight is 117 g/mol. The van der Waals surface area contributed by atoms with Gasteiger partial charge in [0.05, 0.1) is 0 Å². The second-order valence-corrected chi connectivity index (χ2v) is 1.28. The van der Waals surface area contributed by atoms with Crippen molar-refractivity contribution >= 4 is 12.4 Å². The highest BCUT2D eigenvalue weighted by molar-refractivity contribution is 5.79. The molecule has 2 N–H and O–H groups in total. The van der Waals surface area contributed by atoms with Crippen LogP contribution in [0.5, 0.6) is 0 Å². The highest BCUT2D eigenvalue weighted by Gasteiger charge is 2.06. The van der Waals surface area contributed by atoms with Crippen molar-refractivity contribution in [2.24, 2.45) is 5.73 Å². The fraction of sp³-hybridized carbons (Fsp3) is 0.500. The van der Waals surface area contributed by atoms with Crippen molar-refractivity contribution in [3.63, 3.8) is 0 Å². The Morgan fingerprint density at radius 3 is 2.50 bits per heavy atom. The quantitative estimate of drug-likeness (QED) is 0.483. The zero-order valence-electron chi connectivity index (χ0n) is 4.46. The van der Waals surface area contributed by atoms with Crippen molar-refractivity contribution < 1.29 is 14.3 Å². The lowest BCUT2D eigenvalue weighted by Crippen LogP contribution is -2.27. The first kappa shape index (κ1) is 6.94. The first-order valence-electron chi connectivity index (χ1n) is 2.07. The smallest absolute Gasteiger partial charge is 0.293 e. The second kappa shape index (κ2) is 3.01. The Kier molecular flexibility index (Phi) is 2.61. The van der Waals surface area contributed by atoms with Gasteiger partial charge in [0.25, 0.3) is 12.4 Å². The number of hydrogen-bond donors (Lipinski definition) is 1. The summed E-state index contributed by atoms with van der Waals surface area (Å²) in [6.07, 6.45) is -0.813. The standard InChI is InChI=1S/C4H7NO3/c1-3(4(5)7)8-2-6/h2-3H,1H3,(H2,5,7). The minimum atomic E-state index is -0.813. The number of nitrogens with two attached hydrogens (primary N) is 1. The fourth-order valence-corrected chi connectivity index (χ4v) is 0.150. The Hall–Kier alpha value is -1.06. The van der Waals surface area contributed by atoms with Crippen LogP contribution < -0.4 is 5.73 Å². The molecule has 46 valence electrons. The normalized spacial score (nSPS) is 12.1. The predicted octanol–water partition coefficient (Wildman–Crippen LogP) is -0.967. The molecule has 4 nitrogen and oxygen atoms in total. The van der Waals surface area contributed by atoms with Gasteiger partial charge < -0.3 is 10.5 Å². The van der Waals surface area contributed by atoms with Gasteiger partial charge in [-0.1, -0.05) is 0 Å². The van der Waals surface area contributed by atoms with E-state index in [9.17, 15) is 9.59 Å². The molecule has 0 aromatic heterocycles. The van der Waals surface area contributed by atoms with E-state index in [1.54, 1.807) is 0 Å². The predicted molar refractivity (Wildman–Crippen MR) is 25.8 cm³/mol. The summed E-state index contributed by atoms with van der Waals surface area (Å²) in [4.78, 5) is 19.5. The van der Waals surface area contributed by atoms with Crippen molar-refractivity contribution in [3.05, 3.63) is 0 Å². The van der Waals surface area contributed by atoms with Crippen LogP contribution in [0.2, 0.25) is 0 Å². The van der Waals surface area contributed by atoms with E-state index in [1.165, 1.54) is 6.92 Å². The summed E-state index contributed by atoms with van der Waals surface area (Å²) in [6.45, 7) is 1.59. The first-order valence-corrected chi connectivity index (χ1v) is 2.07. The minimum absolute atomic E-state index is 0.190. The number of rotatable bonds is 3. The topological polar surface area (TPSA) is 69.4 Å². The summed E-state index contributed by atoms with van der Waals surface area (Å²) >= 11 is 0. The van der Waals surface area contributed by atoms with Crippen LogP contribution in [0.1, 0.15) is 6.92 Å². The van der Waals surface area contributed by atoms with Crippen LogP contribution in [0.25, 0.3) is 0 Å². The van der Waals surface area contributed by atoms with Crippen molar-refractivity contribution in [2.45, 2.75) is 13.0 Å². The van der Waals surface area contributed by atoms with Gasteiger partial charge >= 0.3 is 0 Å². The molecule has 0 saturated heterocycles. The number of amides is 1. The fourth-order valence-electron chi connectivity index (χ4n) is 0.150. The highest BCUT2D eigenvalue weighted by atomic mass is 16.5. The third-order valence-corrected chi connectivity index (χ3v) is 0.660. The van der Waals surface area contributed by atoms with Gasteiger partial charge in [0, 0.05) is 0 Å². The van der Waals surface area contributed by atoms with E-state index >= 15 is 0 Å². The van der Waals surface area contributed by atoms with Gasteiger partial charge in [0.1, 0.15) is 0 Å². The molecule has 0 spiro atoms. The molecule has 0 radical (unpaired) electrons. The molecule has 1 amide bonds. The summed E-state index contributed by atoms with van der Waals surface area (Å²) in [5, 5.41) is 0. The molecule has 8 heavy (non-hydrogen) atoms. The van der Waals surface area contributed by atoms with E-state index in [2.05, 4.69) is 4.74 Å². The first-order chi connectivity index (χ1) is 3.68. The van der Waals surface area contributed by atoms with Crippen LogP contribution >= 0.6 is 0 Å². The van der Waals surface area contributed by atoms with E-state index in [0.29, 0.717) is 0 Å². The Bertz CT molecular complexity index is 101. The molecular weight excluding hydrogens is 110 g/mol. The van der Waals surface area contributed by atoms with Crippen LogP contribution in [0, 0.1) is 0 Å². The number of ether oxygens (including phenoxy) is 1. The van der Waals surface area contributed by atoms with Gasteiger partial charge in [-0.3, -0.25) is 9.59 Å². The molecule has 0 aromatic rings. The molecule has 0 aliphatic carbocycles. The lowest BCUT2D eigenvalue weighted by atomic mass is 10.4. The van der Waals surface area contributed by atoms with Crippen molar-refractivity contribution in [1.82, 2.24) is 0 Å². The van der Waals surface area contributed by atoms with E-state index in [-0.39, 0.29) is 6.47 Å². The van der Waals surface area contributed by atoms with Crippen LogP contribution in [0.15, 0.2) is 0 Å². The number of primary amides is 1. The van der Waals surface area contributed by atoms with Crippen molar-refractivity contribution in [2.75, 3.05) is 0 Å². The average Bonchev–Trinajstić information content (AvgIpc) is 1.67. The molecule has 0 bridgehead atoms. The highest BCUT2D eigenvalue weighted by Crippen LogP contribution is 1.82. The summed E-state index contributed by atoms with van der Waals surface area (Å²) < 4.78 is 4.15. The maximum Gasteiger partial charge on any atom is 0.293 e. The lowest BCUT2D eigenvalue weighted by Gasteiger charge is -2.01. The van der Waals surface area contributed by atoms with Crippen LogP contribution in [-0.4, -0.2) is 18.5 Å². The zero-order chi connectivity index (χ0) is 6.57. The Balaban J connectivity index is 3.46. The summed E-state index contributed by atoms with van der Waals surface area (Å²) in [5.74, 6) is -0.642. The lowest BCUT2D eigenvalue weighted by molar-refractivity contribution is -0.142. The molecule has 0 aliphatic rings. The molecule has 0 saturated carbocycles. The Morgan fingerprint density at radius 2 is 2.38 bits per heavy atom. The third kappa shape index (κ3) is 2.17. The molecule has 0 aromatic carbocycles. The molecule has 0 rings (SSSR count). The molecule has 0 aliphatic heterocycles. The second-order valence-electron chi connectivity index (χ2n) is 1.28. The number of carbonyl (C=O) groups excluding carboxylic acids is 2. The van der Waals surface area contributed by atoms with Gasteiger partial charge in [0.15, 0.2) is 6.10 Å². The molecule has 0 heterocycles. The van der Waals surface area contributed by atoms with Crippen molar-refractivity contribution in [3.8, 4) is 0 Å². The van der Waals surface area contributed by atoms with Gasteiger partial charge in [-0.2, -0.15) is 0 Å². The molecule has 0 fully saturated rings.